The van der Waals surface area contributed by atoms with Gasteiger partial charge in [0.15, 0.2) is 0 Å². The first kappa shape index (κ1) is 13.0. The number of nitrogens with two attached hydrogens (primary N) is 1. The Morgan fingerprint density at radius 2 is 1.81 bits per heavy atom. The third-order valence-electron chi connectivity index (χ3n) is 3.14. The van der Waals surface area contributed by atoms with Crippen LogP contribution in [0.1, 0.15) is 20.8 Å². The average molecular weight is 224 g/mol. The van der Waals surface area contributed by atoms with E-state index in [-0.39, 0.29) is 17.3 Å². The van der Waals surface area contributed by atoms with E-state index in [1.54, 1.807) is 12.1 Å². The summed E-state index contributed by atoms with van der Waals surface area (Å²) in [6.45, 7) is 7.13. The van der Waals surface area contributed by atoms with E-state index in [1.165, 1.54) is 12.1 Å². The van der Waals surface area contributed by atoms with Crippen molar-refractivity contribution >= 4 is 5.69 Å². The van der Waals surface area contributed by atoms with Crippen LogP contribution in [0.3, 0.4) is 0 Å². The van der Waals surface area contributed by atoms with Crippen molar-refractivity contribution in [1.82, 2.24) is 0 Å². The number of anilines is 1. The van der Waals surface area contributed by atoms with Crippen LogP contribution >= 0.6 is 0 Å². The van der Waals surface area contributed by atoms with Gasteiger partial charge in [-0.05, 0) is 36.6 Å². The molecular weight excluding hydrogens is 203 g/mol. The van der Waals surface area contributed by atoms with Gasteiger partial charge < -0.3 is 10.6 Å². The first-order valence-corrected chi connectivity index (χ1v) is 5.55. The summed E-state index contributed by atoms with van der Waals surface area (Å²) >= 11 is 0. The summed E-state index contributed by atoms with van der Waals surface area (Å²) in [5.41, 5.74) is 6.97. The first-order chi connectivity index (χ1) is 7.33. The summed E-state index contributed by atoms with van der Waals surface area (Å²) in [5, 5.41) is 0. The lowest BCUT2D eigenvalue weighted by Gasteiger charge is -2.34. The fourth-order valence-corrected chi connectivity index (χ4v) is 1.54. The predicted octanol–water partition coefficient (Wildman–Crippen LogP) is 2.64. The van der Waals surface area contributed by atoms with Gasteiger partial charge in [0.2, 0.25) is 0 Å². The molecule has 2 N–H and O–H groups in total. The molecular formula is C13H21FN2. The van der Waals surface area contributed by atoms with Crippen molar-refractivity contribution < 1.29 is 4.39 Å². The van der Waals surface area contributed by atoms with E-state index in [2.05, 4.69) is 18.7 Å². The zero-order valence-electron chi connectivity index (χ0n) is 10.5. The highest BCUT2D eigenvalue weighted by Gasteiger charge is 2.24. The molecule has 1 aromatic carbocycles. The van der Waals surface area contributed by atoms with E-state index < -0.39 is 0 Å². The third kappa shape index (κ3) is 3.20. The lowest BCUT2D eigenvalue weighted by molar-refractivity contribution is 0.308. The van der Waals surface area contributed by atoms with Crippen LogP contribution in [0.15, 0.2) is 24.3 Å². The zero-order chi connectivity index (χ0) is 12.3. The summed E-state index contributed by atoms with van der Waals surface area (Å²) in [5.74, 6) is -0.205. The van der Waals surface area contributed by atoms with Gasteiger partial charge in [-0.2, -0.15) is 0 Å². The van der Waals surface area contributed by atoms with Gasteiger partial charge in [-0.1, -0.05) is 13.8 Å². The molecule has 0 saturated heterocycles. The molecule has 16 heavy (non-hydrogen) atoms. The van der Waals surface area contributed by atoms with Crippen molar-refractivity contribution in [2.24, 2.45) is 11.1 Å². The minimum absolute atomic E-state index is 0.0309. The topological polar surface area (TPSA) is 29.3 Å². The molecule has 1 rings (SSSR count). The molecule has 3 heteroatoms. The molecule has 1 aromatic rings. The monoisotopic (exact) mass is 224 g/mol. The number of halogens is 1. The van der Waals surface area contributed by atoms with E-state index in [1.807, 2.05) is 14.0 Å². The molecule has 0 radical (unpaired) electrons. The number of benzene rings is 1. The standard InChI is InChI=1S/C13H21FN2/c1-10(15)13(2,3)9-16(4)12-7-5-11(14)6-8-12/h5-8,10H,9,15H2,1-4H3. The zero-order valence-corrected chi connectivity index (χ0v) is 10.5. The molecule has 0 bridgehead atoms. The van der Waals surface area contributed by atoms with Crippen LogP contribution in [0.5, 0.6) is 0 Å². The van der Waals surface area contributed by atoms with Gasteiger partial charge in [-0.3, -0.25) is 0 Å². The molecule has 1 atom stereocenters. The molecule has 0 spiro atoms. The van der Waals surface area contributed by atoms with Gasteiger partial charge in [0.05, 0.1) is 0 Å². The second-order valence-electron chi connectivity index (χ2n) is 5.11. The van der Waals surface area contributed by atoms with Crippen molar-refractivity contribution in [3.05, 3.63) is 30.1 Å². The lowest BCUT2D eigenvalue weighted by atomic mass is 9.85. The number of hydrogen-bond acceptors (Lipinski definition) is 2. The predicted molar refractivity (Wildman–Crippen MR) is 67.1 cm³/mol. The number of nitrogens with zero attached hydrogens (tertiary/aromatic N) is 1. The minimum Gasteiger partial charge on any atom is -0.374 e. The molecule has 0 saturated carbocycles. The summed E-state index contributed by atoms with van der Waals surface area (Å²) in [7, 11) is 2.00. The van der Waals surface area contributed by atoms with Gasteiger partial charge in [-0.15, -0.1) is 0 Å². The summed E-state index contributed by atoms with van der Waals surface area (Å²) < 4.78 is 12.8. The second kappa shape index (κ2) is 4.83. The molecule has 0 aliphatic rings. The molecule has 0 aliphatic heterocycles. The van der Waals surface area contributed by atoms with Crippen LogP contribution in [0.4, 0.5) is 10.1 Å². The van der Waals surface area contributed by atoms with E-state index in [4.69, 9.17) is 5.73 Å². The molecule has 0 aromatic heterocycles. The molecule has 90 valence electrons. The number of rotatable bonds is 4. The van der Waals surface area contributed by atoms with Crippen molar-refractivity contribution in [3.8, 4) is 0 Å². The highest BCUT2D eigenvalue weighted by atomic mass is 19.1. The normalized spacial score (nSPS) is 13.6. The third-order valence-corrected chi connectivity index (χ3v) is 3.14. The van der Waals surface area contributed by atoms with Crippen LogP contribution in [0.2, 0.25) is 0 Å². The maximum absolute atomic E-state index is 12.8. The molecule has 0 fully saturated rings. The van der Waals surface area contributed by atoms with E-state index in [0.717, 1.165) is 12.2 Å². The Morgan fingerprint density at radius 3 is 2.25 bits per heavy atom. The Morgan fingerprint density at radius 1 is 1.31 bits per heavy atom. The SMILES string of the molecule is CC(N)C(C)(C)CN(C)c1ccc(F)cc1. The Balaban J connectivity index is 2.72. The van der Waals surface area contributed by atoms with Crippen LogP contribution in [0.25, 0.3) is 0 Å². The highest BCUT2D eigenvalue weighted by Crippen LogP contribution is 2.23. The Kier molecular flexibility index (Phi) is 3.92. The maximum atomic E-state index is 12.8. The van der Waals surface area contributed by atoms with Crippen molar-refractivity contribution in [2.75, 3.05) is 18.5 Å². The smallest absolute Gasteiger partial charge is 0.123 e. The van der Waals surface area contributed by atoms with Gasteiger partial charge in [0, 0.05) is 25.3 Å². The van der Waals surface area contributed by atoms with Gasteiger partial charge >= 0.3 is 0 Å². The van der Waals surface area contributed by atoms with E-state index >= 15 is 0 Å². The van der Waals surface area contributed by atoms with Gasteiger partial charge in [-0.25, -0.2) is 4.39 Å². The lowest BCUT2D eigenvalue weighted by Crippen LogP contribution is -2.43. The molecule has 0 aliphatic carbocycles. The van der Waals surface area contributed by atoms with Gasteiger partial charge in [0.25, 0.3) is 0 Å². The van der Waals surface area contributed by atoms with Crippen molar-refractivity contribution in [1.29, 1.82) is 0 Å². The van der Waals surface area contributed by atoms with Crippen LogP contribution in [-0.2, 0) is 0 Å². The summed E-state index contributed by atoms with van der Waals surface area (Å²) in [4.78, 5) is 2.10. The fourth-order valence-electron chi connectivity index (χ4n) is 1.54. The highest BCUT2D eigenvalue weighted by molar-refractivity contribution is 5.45. The molecule has 2 nitrogen and oxygen atoms in total. The Bertz CT molecular complexity index is 330. The van der Waals surface area contributed by atoms with Crippen LogP contribution in [0, 0.1) is 11.2 Å². The van der Waals surface area contributed by atoms with Crippen molar-refractivity contribution in [3.63, 3.8) is 0 Å². The Hall–Kier alpha value is -1.09. The number of hydrogen-bond donors (Lipinski definition) is 1. The van der Waals surface area contributed by atoms with Crippen LogP contribution in [-0.4, -0.2) is 19.6 Å². The summed E-state index contributed by atoms with van der Waals surface area (Å²) in [6.07, 6.45) is 0. The van der Waals surface area contributed by atoms with Crippen molar-refractivity contribution in [2.45, 2.75) is 26.8 Å². The van der Waals surface area contributed by atoms with Gasteiger partial charge in [0.1, 0.15) is 5.82 Å². The minimum atomic E-state index is -0.205. The quantitative estimate of drug-likeness (QED) is 0.852. The Labute approximate surface area is 97.3 Å². The first-order valence-electron chi connectivity index (χ1n) is 5.55. The second-order valence-corrected chi connectivity index (χ2v) is 5.11. The van der Waals surface area contributed by atoms with Crippen LogP contribution < -0.4 is 10.6 Å². The molecule has 0 amide bonds. The average Bonchev–Trinajstić information content (AvgIpc) is 2.17. The molecule has 1 unspecified atom stereocenters. The van der Waals surface area contributed by atoms with E-state index in [0.29, 0.717) is 0 Å². The molecule has 0 heterocycles. The van der Waals surface area contributed by atoms with E-state index in [9.17, 15) is 4.39 Å². The largest absolute Gasteiger partial charge is 0.374 e. The fraction of sp³-hybridized carbons (Fsp3) is 0.538. The maximum Gasteiger partial charge on any atom is 0.123 e. The summed E-state index contributed by atoms with van der Waals surface area (Å²) in [6, 6.07) is 6.64.